The minimum absolute atomic E-state index is 0.446. The van der Waals surface area contributed by atoms with Gasteiger partial charge in [0.25, 0.3) is 0 Å². The molecule has 0 aliphatic carbocycles. The quantitative estimate of drug-likeness (QED) is 0.460. The predicted molar refractivity (Wildman–Crippen MR) is 108 cm³/mol. The fourth-order valence-corrected chi connectivity index (χ4v) is 1.79. The summed E-state index contributed by atoms with van der Waals surface area (Å²) in [4.78, 5) is 4.16. The van der Waals surface area contributed by atoms with Crippen molar-refractivity contribution in [2.24, 2.45) is 11.5 Å². The highest BCUT2D eigenvalue weighted by Gasteiger charge is 2.09. The third kappa shape index (κ3) is 27.9. The summed E-state index contributed by atoms with van der Waals surface area (Å²) in [6.07, 6.45) is 2.97. The summed E-state index contributed by atoms with van der Waals surface area (Å²) in [6, 6.07) is 10.1. The second kappa shape index (κ2) is 28.8. The van der Waals surface area contributed by atoms with Gasteiger partial charge < -0.3 is 21.3 Å². The van der Waals surface area contributed by atoms with Gasteiger partial charge in [0.2, 0.25) is 0 Å². The van der Waals surface area contributed by atoms with Crippen LogP contribution in [-0.4, -0.2) is 62.2 Å². The number of nitrogens with two attached hydrogens (primary N) is 2. The molecule has 0 aliphatic heterocycles. The summed E-state index contributed by atoms with van der Waals surface area (Å²) >= 11 is 0. The van der Waals surface area contributed by atoms with Crippen molar-refractivity contribution in [1.82, 2.24) is 9.80 Å². The molecule has 28 heavy (non-hydrogen) atoms. The fourth-order valence-electron chi connectivity index (χ4n) is 1.79. The zero-order chi connectivity index (χ0) is 21.9. The maximum atomic E-state index is 8.63. The predicted octanol–water partition coefficient (Wildman–Crippen LogP) is 0.845. The molecule has 9 nitrogen and oxygen atoms in total. The molecule has 0 saturated heterocycles. The molecule has 0 amide bonds. The average molecular weight is 386 g/mol. The van der Waals surface area contributed by atoms with E-state index in [-0.39, 0.29) is 0 Å². The van der Waals surface area contributed by atoms with Crippen molar-refractivity contribution in [2.75, 3.05) is 52.4 Å². The second-order valence-electron chi connectivity index (χ2n) is 5.23. The van der Waals surface area contributed by atoms with Crippen molar-refractivity contribution in [3.05, 3.63) is 12.7 Å². The first-order valence-electron chi connectivity index (χ1n) is 8.94. The highest BCUT2D eigenvalue weighted by atomic mass is 15.2. The Bertz CT molecular complexity index is 476. The zero-order valence-electron chi connectivity index (χ0n) is 16.6. The van der Waals surface area contributed by atoms with Crippen LogP contribution in [0.2, 0.25) is 0 Å². The third-order valence-corrected chi connectivity index (χ3v) is 3.15. The largest absolute Gasteiger partial charge is 0.329 e. The molecular formula is C19H31N9. The first-order chi connectivity index (χ1) is 13.6. The lowest BCUT2D eigenvalue weighted by atomic mass is 10.3. The Hall–Kier alpha value is -2.97. The highest BCUT2D eigenvalue weighted by molar-refractivity contribution is 4.93. The van der Waals surface area contributed by atoms with Gasteiger partial charge in [-0.05, 0) is 0 Å². The van der Waals surface area contributed by atoms with Gasteiger partial charge in [-0.15, -0.1) is 0 Å². The van der Waals surface area contributed by atoms with Gasteiger partial charge in [-0.25, -0.2) is 0 Å². The standard InChI is InChI=1S/C14H20N6.C3H3N.C2H8N2/c15-5-1-9-19(10-2-6-16)13-14-20(11-3-7-17)12-4-8-18;1-2-3-4;3-1-2-4/h1-4,9-14H2;2H,1H2;1-4H2. The van der Waals surface area contributed by atoms with Crippen LogP contribution in [-0.2, 0) is 0 Å². The van der Waals surface area contributed by atoms with Crippen LogP contribution in [0.4, 0.5) is 0 Å². The number of nitriles is 5. The number of hydrogen-bond acceptors (Lipinski definition) is 9. The van der Waals surface area contributed by atoms with Gasteiger partial charge in [0.1, 0.15) is 0 Å². The van der Waals surface area contributed by atoms with Crippen LogP contribution >= 0.6 is 0 Å². The van der Waals surface area contributed by atoms with E-state index >= 15 is 0 Å². The number of nitrogens with zero attached hydrogens (tertiary/aromatic N) is 7. The Morgan fingerprint density at radius 3 is 1.00 bits per heavy atom. The second-order valence-corrected chi connectivity index (χ2v) is 5.23. The molecule has 0 rings (SSSR count). The minimum atomic E-state index is 0.446. The van der Waals surface area contributed by atoms with Gasteiger partial charge in [0.05, 0.1) is 30.3 Å². The van der Waals surface area contributed by atoms with E-state index in [1.165, 1.54) is 6.08 Å². The molecule has 0 spiro atoms. The van der Waals surface area contributed by atoms with Gasteiger partial charge in [0.15, 0.2) is 0 Å². The maximum absolute atomic E-state index is 8.63. The van der Waals surface area contributed by atoms with Crippen LogP contribution in [0.5, 0.6) is 0 Å². The fraction of sp³-hybridized carbons (Fsp3) is 0.632. The smallest absolute Gasteiger partial charge is 0.0905 e. The monoisotopic (exact) mass is 385 g/mol. The molecule has 0 unspecified atom stereocenters. The number of hydrogen-bond donors (Lipinski definition) is 2. The minimum Gasteiger partial charge on any atom is -0.329 e. The van der Waals surface area contributed by atoms with E-state index in [2.05, 4.69) is 40.7 Å². The zero-order valence-corrected chi connectivity index (χ0v) is 16.6. The molecule has 0 radical (unpaired) electrons. The summed E-state index contributed by atoms with van der Waals surface area (Å²) in [5, 5.41) is 42.0. The van der Waals surface area contributed by atoms with Crippen molar-refractivity contribution in [1.29, 1.82) is 26.3 Å². The molecule has 9 heteroatoms. The average Bonchev–Trinajstić information content (AvgIpc) is 2.74. The third-order valence-electron chi connectivity index (χ3n) is 3.15. The summed E-state index contributed by atoms with van der Waals surface area (Å²) in [7, 11) is 0. The molecule has 0 aromatic carbocycles. The van der Waals surface area contributed by atoms with Gasteiger partial charge in [-0.2, -0.15) is 26.3 Å². The molecule has 0 heterocycles. The van der Waals surface area contributed by atoms with Gasteiger partial charge in [0, 0.05) is 84.1 Å². The topological polar surface area (TPSA) is 177 Å². The van der Waals surface area contributed by atoms with Crippen molar-refractivity contribution in [3.63, 3.8) is 0 Å². The van der Waals surface area contributed by atoms with Gasteiger partial charge in [-0.3, -0.25) is 0 Å². The van der Waals surface area contributed by atoms with Crippen molar-refractivity contribution in [3.8, 4) is 30.3 Å². The molecule has 0 fully saturated rings. The normalized spacial score (nSPS) is 8.54. The molecule has 4 N–H and O–H groups in total. The molecule has 152 valence electrons. The van der Waals surface area contributed by atoms with Crippen molar-refractivity contribution >= 4 is 0 Å². The van der Waals surface area contributed by atoms with Crippen LogP contribution in [0.25, 0.3) is 0 Å². The number of allylic oxidation sites excluding steroid dienone is 1. The lowest BCUT2D eigenvalue weighted by molar-refractivity contribution is 0.212. The maximum Gasteiger partial charge on any atom is 0.0905 e. The Labute approximate surface area is 169 Å². The summed E-state index contributed by atoms with van der Waals surface area (Å²) < 4.78 is 0. The summed E-state index contributed by atoms with van der Waals surface area (Å²) in [5.74, 6) is 0. The van der Waals surface area contributed by atoms with E-state index in [0.29, 0.717) is 65.0 Å². The van der Waals surface area contributed by atoms with E-state index in [4.69, 9.17) is 37.8 Å². The lowest BCUT2D eigenvalue weighted by Crippen LogP contribution is -2.37. The summed E-state index contributed by atoms with van der Waals surface area (Å²) in [6.45, 7) is 8.43. The molecule has 0 saturated carbocycles. The molecule has 0 bridgehead atoms. The van der Waals surface area contributed by atoms with Crippen LogP contribution in [0, 0.1) is 56.7 Å². The Balaban J connectivity index is -0.000000656. The molecule has 0 atom stereocenters. The number of rotatable bonds is 12. The Morgan fingerprint density at radius 1 is 0.607 bits per heavy atom. The van der Waals surface area contributed by atoms with Crippen LogP contribution < -0.4 is 11.5 Å². The highest BCUT2D eigenvalue weighted by Crippen LogP contribution is 1.98. The molecular weight excluding hydrogens is 354 g/mol. The van der Waals surface area contributed by atoms with E-state index in [1.54, 1.807) is 6.07 Å². The van der Waals surface area contributed by atoms with Crippen molar-refractivity contribution < 1.29 is 0 Å². The Morgan fingerprint density at radius 2 is 0.857 bits per heavy atom. The van der Waals surface area contributed by atoms with Crippen LogP contribution in [0.15, 0.2) is 12.7 Å². The Kier molecular flexibility index (Phi) is 30.7. The first-order valence-corrected chi connectivity index (χ1v) is 8.94. The van der Waals surface area contributed by atoms with E-state index in [0.717, 1.165) is 13.1 Å². The SMILES string of the molecule is C=CC#N.N#CCCN(CCC#N)CCN(CCC#N)CCC#N.NCCN. The molecule has 0 aromatic heterocycles. The van der Waals surface area contributed by atoms with Crippen LogP contribution in [0.3, 0.4) is 0 Å². The van der Waals surface area contributed by atoms with Gasteiger partial charge in [-0.1, -0.05) is 6.58 Å². The van der Waals surface area contributed by atoms with Gasteiger partial charge >= 0.3 is 0 Å². The molecule has 0 aromatic rings. The van der Waals surface area contributed by atoms with Crippen molar-refractivity contribution in [2.45, 2.75) is 25.7 Å². The first kappa shape index (κ1) is 29.8. The van der Waals surface area contributed by atoms with E-state index in [1.807, 2.05) is 0 Å². The van der Waals surface area contributed by atoms with Crippen LogP contribution in [0.1, 0.15) is 25.7 Å². The molecule has 0 aliphatic rings. The van der Waals surface area contributed by atoms with E-state index < -0.39 is 0 Å². The lowest BCUT2D eigenvalue weighted by Gasteiger charge is -2.25. The van der Waals surface area contributed by atoms with E-state index in [9.17, 15) is 0 Å². The summed E-state index contributed by atoms with van der Waals surface area (Å²) in [5.41, 5.74) is 9.81.